The maximum absolute atomic E-state index is 12.8. The Kier molecular flexibility index (Phi) is 7.85. The van der Waals surface area contributed by atoms with Crippen LogP contribution in [0.15, 0.2) is 71.8 Å². The molecule has 8 heteroatoms. The maximum Gasteiger partial charge on any atom is 0.262 e. The molecule has 0 fully saturated rings. The Balaban J connectivity index is 1.37. The number of fused-ring (bicyclic) bond motifs is 1. The van der Waals surface area contributed by atoms with E-state index in [-0.39, 0.29) is 18.6 Å². The molecule has 8 nitrogen and oxygen atoms in total. The van der Waals surface area contributed by atoms with Crippen molar-refractivity contribution >= 4 is 18.0 Å². The van der Waals surface area contributed by atoms with Gasteiger partial charge in [-0.25, -0.2) is 5.43 Å². The molecule has 1 atom stereocenters. The first-order valence-electron chi connectivity index (χ1n) is 11.7. The number of hydrogen-bond donors (Lipinski definition) is 2. The second-order valence-electron chi connectivity index (χ2n) is 8.81. The molecule has 0 aliphatic carbocycles. The van der Waals surface area contributed by atoms with Gasteiger partial charge in [-0.1, -0.05) is 55.8 Å². The smallest absolute Gasteiger partial charge is 0.262 e. The number of nitrogens with zero attached hydrogens (tertiary/aromatic N) is 1. The molecule has 186 valence electrons. The fourth-order valence-corrected chi connectivity index (χ4v) is 3.60. The van der Waals surface area contributed by atoms with E-state index in [0.29, 0.717) is 29.4 Å². The lowest BCUT2D eigenvalue weighted by Gasteiger charge is -2.20. The molecule has 2 amide bonds. The summed E-state index contributed by atoms with van der Waals surface area (Å²) in [4.78, 5) is 25.6. The first-order valence-corrected chi connectivity index (χ1v) is 11.7. The highest BCUT2D eigenvalue weighted by Crippen LogP contribution is 2.32. The van der Waals surface area contributed by atoms with Crippen LogP contribution in [0, 0.1) is 12.8 Å². The number of aryl methyl sites for hydroxylation is 1. The van der Waals surface area contributed by atoms with Crippen molar-refractivity contribution in [1.82, 2.24) is 10.7 Å². The standard InChI is InChI=1S/C28H29N3O5/c1-18(2)26(30-27(32)21-12-13-24-25(14-21)36-17-35-24)28(33)31-29-15-22-6-4-5-7-23(22)34-16-20-10-8-19(3)9-11-20/h4-15,18,26H,16-17H2,1-3H3,(H,30,32)(H,31,33)/b29-15+. The van der Waals surface area contributed by atoms with Crippen molar-refractivity contribution in [3.05, 3.63) is 89.0 Å². The lowest BCUT2D eigenvalue weighted by Crippen LogP contribution is -2.48. The summed E-state index contributed by atoms with van der Waals surface area (Å²) in [6, 6.07) is 19.7. The predicted octanol–water partition coefficient (Wildman–Crippen LogP) is 4.21. The van der Waals surface area contributed by atoms with E-state index in [1.54, 1.807) is 18.2 Å². The SMILES string of the molecule is Cc1ccc(COc2ccccc2/C=N/NC(=O)C(NC(=O)c2ccc3c(c2)OCO3)C(C)C)cc1. The summed E-state index contributed by atoms with van der Waals surface area (Å²) < 4.78 is 16.6. The summed E-state index contributed by atoms with van der Waals surface area (Å²) in [5.74, 6) is 0.758. The third kappa shape index (κ3) is 6.21. The molecule has 4 rings (SSSR count). The second-order valence-corrected chi connectivity index (χ2v) is 8.81. The van der Waals surface area contributed by atoms with Crippen LogP contribution in [-0.4, -0.2) is 30.9 Å². The van der Waals surface area contributed by atoms with Gasteiger partial charge in [0.1, 0.15) is 18.4 Å². The highest BCUT2D eigenvalue weighted by atomic mass is 16.7. The minimum atomic E-state index is -0.784. The molecular formula is C28H29N3O5. The van der Waals surface area contributed by atoms with Crippen LogP contribution in [0.25, 0.3) is 0 Å². The van der Waals surface area contributed by atoms with Gasteiger partial charge in [-0.3, -0.25) is 9.59 Å². The molecule has 0 saturated heterocycles. The van der Waals surface area contributed by atoms with Gasteiger partial charge in [0.15, 0.2) is 11.5 Å². The van der Waals surface area contributed by atoms with Crippen LogP contribution in [0.2, 0.25) is 0 Å². The van der Waals surface area contributed by atoms with E-state index in [9.17, 15) is 9.59 Å². The highest BCUT2D eigenvalue weighted by Gasteiger charge is 2.25. The fraction of sp³-hybridized carbons (Fsp3) is 0.250. The number of carbonyl (C=O) groups is 2. The van der Waals surface area contributed by atoms with Crippen LogP contribution >= 0.6 is 0 Å². The minimum Gasteiger partial charge on any atom is -0.488 e. The zero-order valence-corrected chi connectivity index (χ0v) is 20.5. The van der Waals surface area contributed by atoms with Crippen molar-refractivity contribution in [3.8, 4) is 17.2 Å². The quantitative estimate of drug-likeness (QED) is 0.348. The van der Waals surface area contributed by atoms with E-state index in [1.165, 1.54) is 11.8 Å². The number of hydrogen-bond acceptors (Lipinski definition) is 6. The van der Waals surface area contributed by atoms with Crippen LogP contribution in [0.4, 0.5) is 0 Å². The molecule has 0 saturated carbocycles. The Morgan fingerprint density at radius 2 is 1.78 bits per heavy atom. The Morgan fingerprint density at radius 3 is 2.56 bits per heavy atom. The molecule has 0 bridgehead atoms. The fourth-order valence-electron chi connectivity index (χ4n) is 3.60. The van der Waals surface area contributed by atoms with Crippen LogP contribution in [0.5, 0.6) is 17.2 Å². The Labute approximate surface area is 210 Å². The number of carbonyl (C=O) groups excluding carboxylic acids is 2. The molecule has 0 spiro atoms. The third-order valence-electron chi connectivity index (χ3n) is 5.68. The number of hydrazone groups is 1. The topological polar surface area (TPSA) is 98.2 Å². The lowest BCUT2D eigenvalue weighted by molar-refractivity contribution is -0.123. The van der Waals surface area contributed by atoms with Crippen LogP contribution in [0.1, 0.15) is 40.9 Å². The van der Waals surface area contributed by atoms with E-state index in [2.05, 4.69) is 15.8 Å². The van der Waals surface area contributed by atoms with Crippen molar-refractivity contribution in [2.75, 3.05) is 6.79 Å². The molecule has 1 aliphatic heterocycles. The Bertz CT molecular complexity index is 1250. The molecule has 2 N–H and O–H groups in total. The maximum atomic E-state index is 12.8. The van der Waals surface area contributed by atoms with Gasteiger partial charge < -0.3 is 19.5 Å². The first-order chi connectivity index (χ1) is 17.4. The van der Waals surface area contributed by atoms with Crippen molar-refractivity contribution in [2.45, 2.75) is 33.4 Å². The summed E-state index contributed by atoms with van der Waals surface area (Å²) in [6.45, 7) is 6.27. The molecule has 1 unspecified atom stereocenters. The van der Waals surface area contributed by atoms with Gasteiger partial charge in [-0.05, 0) is 48.7 Å². The molecule has 0 aromatic heterocycles. The van der Waals surface area contributed by atoms with Gasteiger partial charge in [0.05, 0.1) is 6.21 Å². The predicted molar refractivity (Wildman–Crippen MR) is 136 cm³/mol. The molecule has 3 aromatic rings. The summed E-state index contributed by atoms with van der Waals surface area (Å²) in [5.41, 5.74) is 5.87. The van der Waals surface area contributed by atoms with E-state index >= 15 is 0 Å². The zero-order chi connectivity index (χ0) is 25.5. The average Bonchev–Trinajstić information content (AvgIpc) is 3.35. The Hall–Kier alpha value is -4.33. The van der Waals surface area contributed by atoms with Crippen LogP contribution < -0.4 is 25.0 Å². The largest absolute Gasteiger partial charge is 0.488 e. The molecular weight excluding hydrogens is 458 g/mol. The normalized spacial score (nSPS) is 13.0. The highest BCUT2D eigenvalue weighted by molar-refractivity contribution is 5.98. The van der Waals surface area contributed by atoms with Crippen molar-refractivity contribution < 1.29 is 23.8 Å². The zero-order valence-electron chi connectivity index (χ0n) is 20.5. The number of benzene rings is 3. The average molecular weight is 488 g/mol. The monoisotopic (exact) mass is 487 g/mol. The molecule has 1 heterocycles. The van der Waals surface area contributed by atoms with Crippen molar-refractivity contribution in [3.63, 3.8) is 0 Å². The number of para-hydroxylation sites is 1. The number of amides is 2. The van der Waals surface area contributed by atoms with Crippen molar-refractivity contribution in [2.24, 2.45) is 11.0 Å². The van der Waals surface area contributed by atoms with Gasteiger partial charge in [-0.2, -0.15) is 5.10 Å². The van der Waals surface area contributed by atoms with Gasteiger partial charge in [0.25, 0.3) is 11.8 Å². The van der Waals surface area contributed by atoms with E-state index in [4.69, 9.17) is 14.2 Å². The van der Waals surface area contributed by atoms with Crippen molar-refractivity contribution in [1.29, 1.82) is 0 Å². The summed E-state index contributed by atoms with van der Waals surface area (Å²) in [5, 5.41) is 6.89. The lowest BCUT2D eigenvalue weighted by atomic mass is 10.0. The van der Waals surface area contributed by atoms with E-state index < -0.39 is 11.9 Å². The Morgan fingerprint density at radius 1 is 1.03 bits per heavy atom. The van der Waals surface area contributed by atoms with E-state index in [1.807, 2.05) is 69.3 Å². The number of rotatable bonds is 9. The molecule has 3 aromatic carbocycles. The second kappa shape index (κ2) is 11.4. The number of nitrogens with one attached hydrogen (secondary N) is 2. The van der Waals surface area contributed by atoms with E-state index in [0.717, 1.165) is 11.1 Å². The van der Waals surface area contributed by atoms with Crippen LogP contribution in [0.3, 0.4) is 0 Å². The molecule has 1 aliphatic rings. The molecule has 0 radical (unpaired) electrons. The molecule has 36 heavy (non-hydrogen) atoms. The summed E-state index contributed by atoms with van der Waals surface area (Å²) in [6.07, 6.45) is 1.53. The first kappa shape index (κ1) is 24.8. The van der Waals surface area contributed by atoms with Gasteiger partial charge in [0, 0.05) is 11.1 Å². The summed E-state index contributed by atoms with van der Waals surface area (Å²) in [7, 11) is 0. The van der Waals surface area contributed by atoms with Gasteiger partial charge >= 0.3 is 0 Å². The van der Waals surface area contributed by atoms with Crippen LogP contribution in [-0.2, 0) is 11.4 Å². The van der Waals surface area contributed by atoms with Gasteiger partial charge in [0.2, 0.25) is 6.79 Å². The summed E-state index contributed by atoms with van der Waals surface area (Å²) >= 11 is 0. The third-order valence-corrected chi connectivity index (χ3v) is 5.68. The minimum absolute atomic E-state index is 0.121. The van der Waals surface area contributed by atoms with Gasteiger partial charge in [-0.15, -0.1) is 0 Å². The number of ether oxygens (including phenoxy) is 3.